The van der Waals surface area contributed by atoms with Gasteiger partial charge in [0.25, 0.3) is 5.56 Å². The third kappa shape index (κ3) is 3.60. The summed E-state index contributed by atoms with van der Waals surface area (Å²) in [5.41, 5.74) is 2.30. The molecule has 2 aromatic heterocycles. The predicted octanol–water partition coefficient (Wildman–Crippen LogP) is 2.30. The van der Waals surface area contributed by atoms with Crippen LogP contribution in [-0.2, 0) is 4.79 Å². The molecule has 3 aromatic rings. The Bertz CT molecular complexity index is 948. The fourth-order valence-corrected chi connectivity index (χ4v) is 2.90. The molecule has 0 saturated heterocycles. The summed E-state index contributed by atoms with van der Waals surface area (Å²) in [5.74, 6) is 0.607. The van der Waals surface area contributed by atoms with Crippen molar-refractivity contribution in [2.24, 2.45) is 0 Å². The van der Waals surface area contributed by atoms with Gasteiger partial charge in [-0.1, -0.05) is 17.8 Å². The molecule has 2 heterocycles. The Balaban J connectivity index is 1.66. The van der Waals surface area contributed by atoms with Crippen molar-refractivity contribution in [2.45, 2.75) is 12.1 Å². The van der Waals surface area contributed by atoms with Crippen molar-refractivity contribution in [2.75, 3.05) is 18.2 Å². The molecule has 0 aliphatic rings. The van der Waals surface area contributed by atoms with Crippen molar-refractivity contribution in [3.05, 3.63) is 46.4 Å². The number of hydrogen-bond acceptors (Lipinski definition) is 5. The smallest absolute Gasteiger partial charge is 0.275 e. The Hall–Kier alpha value is -2.74. The monoisotopic (exact) mass is 344 g/mol. The Kier molecular flexibility index (Phi) is 4.57. The maximum atomic E-state index is 12.0. The first kappa shape index (κ1) is 16.1. The van der Waals surface area contributed by atoms with Crippen LogP contribution in [0.5, 0.6) is 5.75 Å². The molecule has 0 radical (unpaired) electrons. The highest BCUT2D eigenvalue weighted by Crippen LogP contribution is 2.18. The summed E-state index contributed by atoms with van der Waals surface area (Å²) < 4.78 is 5.11. The van der Waals surface area contributed by atoms with Crippen LogP contribution in [0.3, 0.4) is 0 Å². The van der Waals surface area contributed by atoms with Crippen LogP contribution in [0.15, 0.2) is 40.3 Å². The normalized spacial score (nSPS) is 10.8. The molecule has 0 spiro atoms. The molecule has 8 heteroatoms. The van der Waals surface area contributed by atoms with Crippen LogP contribution in [0.25, 0.3) is 11.0 Å². The minimum absolute atomic E-state index is 0.134. The van der Waals surface area contributed by atoms with E-state index >= 15 is 0 Å². The van der Waals surface area contributed by atoms with Gasteiger partial charge in [-0.3, -0.25) is 14.6 Å². The molecule has 0 aliphatic carbocycles. The lowest BCUT2D eigenvalue weighted by Gasteiger charge is -2.06. The number of hydrogen-bond donors (Lipinski definition) is 3. The Labute approximate surface area is 141 Å². The molecule has 0 saturated carbocycles. The van der Waals surface area contributed by atoms with E-state index in [1.807, 2.05) is 6.92 Å². The van der Waals surface area contributed by atoms with Crippen molar-refractivity contribution >= 4 is 34.4 Å². The third-order valence-electron chi connectivity index (χ3n) is 3.29. The van der Waals surface area contributed by atoms with E-state index < -0.39 is 0 Å². The summed E-state index contributed by atoms with van der Waals surface area (Å²) in [6.07, 6.45) is 0. The zero-order chi connectivity index (χ0) is 17.1. The molecule has 0 bridgehead atoms. The summed E-state index contributed by atoms with van der Waals surface area (Å²) in [6, 6.07) is 8.90. The lowest BCUT2D eigenvalue weighted by atomic mass is 10.3. The topological polar surface area (TPSA) is 99.9 Å². The van der Waals surface area contributed by atoms with Gasteiger partial charge in [0.2, 0.25) is 5.91 Å². The second-order valence-electron chi connectivity index (χ2n) is 5.15. The summed E-state index contributed by atoms with van der Waals surface area (Å²) in [5, 5.41) is 3.19. The van der Waals surface area contributed by atoms with E-state index in [1.54, 1.807) is 37.4 Å². The van der Waals surface area contributed by atoms with Gasteiger partial charge in [-0.2, -0.15) is 0 Å². The van der Waals surface area contributed by atoms with E-state index in [2.05, 4.69) is 20.3 Å². The number of thioether (sulfide) groups is 1. The van der Waals surface area contributed by atoms with Crippen molar-refractivity contribution in [1.29, 1.82) is 0 Å². The summed E-state index contributed by atoms with van der Waals surface area (Å²) in [6.45, 7) is 1.86. The van der Waals surface area contributed by atoms with Crippen LogP contribution in [0.1, 0.15) is 5.69 Å². The number of fused-ring (bicyclic) bond motifs is 1. The zero-order valence-electron chi connectivity index (χ0n) is 13.2. The maximum absolute atomic E-state index is 12.0. The number of nitrogens with one attached hydrogen (secondary N) is 3. The van der Waals surface area contributed by atoms with Gasteiger partial charge in [-0.15, -0.1) is 0 Å². The first-order valence-electron chi connectivity index (χ1n) is 7.21. The van der Waals surface area contributed by atoms with Crippen molar-refractivity contribution in [3.8, 4) is 5.75 Å². The molecule has 124 valence electrons. The molecule has 7 nitrogen and oxygen atoms in total. The Morgan fingerprint density at radius 3 is 2.96 bits per heavy atom. The van der Waals surface area contributed by atoms with Crippen molar-refractivity contribution < 1.29 is 9.53 Å². The highest BCUT2D eigenvalue weighted by molar-refractivity contribution is 7.99. The minimum atomic E-state index is -0.246. The number of amides is 1. The molecule has 1 aromatic carbocycles. The number of carbonyl (C=O) groups excluding carboxylic acids is 1. The van der Waals surface area contributed by atoms with Gasteiger partial charge in [0.05, 0.1) is 18.4 Å². The number of benzene rings is 1. The van der Waals surface area contributed by atoms with E-state index in [1.165, 1.54) is 11.8 Å². The van der Waals surface area contributed by atoms with Crippen LogP contribution in [0.4, 0.5) is 5.69 Å². The van der Waals surface area contributed by atoms with E-state index in [9.17, 15) is 9.59 Å². The SMILES string of the molecule is COc1cccc(NC(=O)CSc2nc3cc(C)[nH]c3c(=O)[nH]2)c1. The minimum Gasteiger partial charge on any atom is -0.497 e. The molecule has 0 aliphatic heterocycles. The quantitative estimate of drug-likeness (QED) is 0.487. The number of ether oxygens (including phenoxy) is 1. The van der Waals surface area contributed by atoms with Crippen LogP contribution in [-0.4, -0.2) is 33.7 Å². The molecular weight excluding hydrogens is 328 g/mol. The number of H-pyrrole nitrogens is 2. The second kappa shape index (κ2) is 6.79. The van der Waals surface area contributed by atoms with E-state index in [0.717, 1.165) is 5.69 Å². The summed E-state index contributed by atoms with van der Waals surface area (Å²) in [4.78, 5) is 34.0. The van der Waals surface area contributed by atoms with E-state index in [4.69, 9.17) is 4.74 Å². The van der Waals surface area contributed by atoms with Gasteiger partial charge < -0.3 is 15.0 Å². The average molecular weight is 344 g/mol. The van der Waals surface area contributed by atoms with Gasteiger partial charge in [0.1, 0.15) is 11.3 Å². The Morgan fingerprint density at radius 2 is 2.17 bits per heavy atom. The van der Waals surface area contributed by atoms with Crippen LogP contribution < -0.4 is 15.6 Å². The first-order valence-corrected chi connectivity index (χ1v) is 8.20. The lowest BCUT2D eigenvalue weighted by molar-refractivity contribution is -0.113. The van der Waals surface area contributed by atoms with Gasteiger partial charge in [-0.25, -0.2) is 4.98 Å². The van der Waals surface area contributed by atoms with Crippen molar-refractivity contribution in [1.82, 2.24) is 15.0 Å². The highest BCUT2D eigenvalue weighted by atomic mass is 32.2. The average Bonchev–Trinajstić information content (AvgIpc) is 2.94. The molecule has 0 unspecified atom stereocenters. The molecule has 0 atom stereocenters. The number of rotatable bonds is 5. The van der Waals surface area contributed by atoms with Gasteiger partial charge >= 0.3 is 0 Å². The number of aromatic nitrogens is 3. The standard InChI is InChI=1S/C16H16N4O3S/c1-9-6-12-14(17-9)15(22)20-16(19-12)24-8-13(21)18-10-4-3-5-11(7-10)23-2/h3-7,17H,8H2,1-2H3,(H,18,21)(H,19,20,22). The highest BCUT2D eigenvalue weighted by Gasteiger charge is 2.09. The number of aryl methyl sites for hydroxylation is 1. The number of carbonyl (C=O) groups is 1. The van der Waals surface area contributed by atoms with Crippen molar-refractivity contribution in [3.63, 3.8) is 0 Å². The van der Waals surface area contributed by atoms with E-state index in [0.29, 0.717) is 27.6 Å². The number of methoxy groups -OCH3 is 1. The molecule has 0 fully saturated rings. The number of anilines is 1. The fraction of sp³-hybridized carbons (Fsp3) is 0.188. The van der Waals surface area contributed by atoms with Crippen LogP contribution >= 0.6 is 11.8 Å². The second-order valence-corrected chi connectivity index (χ2v) is 6.12. The largest absolute Gasteiger partial charge is 0.497 e. The van der Waals surface area contributed by atoms with E-state index in [-0.39, 0.29) is 17.2 Å². The fourth-order valence-electron chi connectivity index (χ4n) is 2.23. The van der Waals surface area contributed by atoms with Gasteiger partial charge in [0, 0.05) is 17.4 Å². The number of nitrogens with zero attached hydrogens (tertiary/aromatic N) is 1. The third-order valence-corrected chi connectivity index (χ3v) is 4.17. The summed E-state index contributed by atoms with van der Waals surface area (Å²) >= 11 is 1.17. The maximum Gasteiger partial charge on any atom is 0.275 e. The molecule has 1 amide bonds. The predicted molar refractivity (Wildman–Crippen MR) is 93.8 cm³/mol. The van der Waals surface area contributed by atoms with Crippen LogP contribution in [0.2, 0.25) is 0 Å². The Morgan fingerprint density at radius 1 is 1.33 bits per heavy atom. The molecule has 3 rings (SSSR count). The molecule has 3 N–H and O–H groups in total. The number of aromatic amines is 2. The molecular formula is C16H16N4O3S. The lowest BCUT2D eigenvalue weighted by Crippen LogP contribution is -2.15. The zero-order valence-corrected chi connectivity index (χ0v) is 14.0. The van der Waals surface area contributed by atoms with Crippen LogP contribution in [0, 0.1) is 6.92 Å². The van der Waals surface area contributed by atoms with Gasteiger partial charge in [-0.05, 0) is 25.1 Å². The summed E-state index contributed by atoms with van der Waals surface area (Å²) in [7, 11) is 1.57. The molecule has 24 heavy (non-hydrogen) atoms. The first-order chi connectivity index (χ1) is 11.5. The van der Waals surface area contributed by atoms with Gasteiger partial charge in [0.15, 0.2) is 5.16 Å².